The standard InChI is InChI=1S/C23H27NS2/c1-13-9-8-10-16-18(13)24-14(2)17-15-11-12-25-20(15)26-19(17)23(24,7)22(5,6)21(16,3)4/h8-12,14H,1-7H3. The Balaban J connectivity index is 1.94. The average Bonchev–Trinajstić information content (AvgIpc) is 3.19. The number of aryl methyl sites for hydroxylation is 1. The van der Waals surface area contributed by atoms with Crippen LogP contribution in [-0.4, -0.2) is 0 Å². The van der Waals surface area contributed by atoms with Crippen LogP contribution in [0.1, 0.15) is 69.2 Å². The first-order valence-electron chi connectivity index (χ1n) is 9.54. The van der Waals surface area contributed by atoms with Crippen molar-refractivity contribution in [1.29, 1.82) is 0 Å². The van der Waals surface area contributed by atoms with Crippen LogP contribution in [0, 0.1) is 12.3 Å². The van der Waals surface area contributed by atoms with Crippen LogP contribution in [-0.2, 0) is 11.0 Å². The molecule has 26 heavy (non-hydrogen) atoms. The molecular formula is C23H27NS2. The molecule has 3 aromatic rings. The van der Waals surface area contributed by atoms with Crippen molar-refractivity contribution in [1.82, 2.24) is 0 Å². The molecule has 0 aliphatic carbocycles. The average molecular weight is 382 g/mol. The van der Waals surface area contributed by atoms with Gasteiger partial charge in [-0.25, -0.2) is 0 Å². The second-order valence-electron chi connectivity index (χ2n) is 9.31. The molecular weight excluding hydrogens is 354 g/mol. The van der Waals surface area contributed by atoms with Crippen LogP contribution in [0.4, 0.5) is 5.69 Å². The van der Waals surface area contributed by atoms with Gasteiger partial charge < -0.3 is 4.90 Å². The van der Waals surface area contributed by atoms with E-state index in [0.29, 0.717) is 6.04 Å². The van der Waals surface area contributed by atoms with Gasteiger partial charge in [-0.05, 0) is 54.3 Å². The fraction of sp³-hybridized carbons (Fsp3) is 0.478. The summed E-state index contributed by atoms with van der Waals surface area (Å²) in [6.45, 7) is 17.1. The van der Waals surface area contributed by atoms with Crippen LogP contribution in [0.5, 0.6) is 0 Å². The van der Waals surface area contributed by atoms with Gasteiger partial charge in [-0.2, -0.15) is 0 Å². The van der Waals surface area contributed by atoms with E-state index in [1.165, 1.54) is 26.2 Å². The molecule has 0 radical (unpaired) electrons. The predicted molar refractivity (Wildman–Crippen MR) is 116 cm³/mol. The highest BCUT2D eigenvalue weighted by molar-refractivity contribution is 7.37. The number of rotatable bonds is 0. The highest BCUT2D eigenvalue weighted by Gasteiger charge is 2.64. The first-order chi connectivity index (χ1) is 12.1. The molecule has 0 N–H and O–H groups in total. The Morgan fingerprint density at radius 1 is 1.04 bits per heavy atom. The maximum Gasteiger partial charge on any atom is 0.0872 e. The predicted octanol–water partition coefficient (Wildman–Crippen LogP) is 7.39. The van der Waals surface area contributed by atoms with Crippen LogP contribution in [0.25, 0.3) is 9.40 Å². The fourth-order valence-electron chi connectivity index (χ4n) is 5.68. The second kappa shape index (κ2) is 4.74. The second-order valence-corrected chi connectivity index (χ2v) is 11.5. The number of nitrogens with zero attached hydrogens (tertiary/aromatic N) is 1. The third-order valence-corrected chi connectivity index (χ3v) is 10.5. The molecule has 2 unspecified atom stereocenters. The molecule has 2 aliphatic rings. The molecule has 0 amide bonds. The van der Waals surface area contributed by atoms with Crippen molar-refractivity contribution in [3.63, 3.8) is 0 Å². The number of para-hydroxylation sites is 1. The van der Waals surface area contributed by atoms with Crippen LogP contribution >= 0.6 is 22.7 Å². The molecule has 4 heterocycles. The van der Waals surface area contributed by atoms with Crippen LogP contribution in [0.15, 0.2) is 29.6 Å². The van der Waals surface area contributed by atoms with E-state index in [1.54, 1.807) is 10.4 Å². The zero-order chi connectivity index (χ0) is 18.6. The molecule has 136 valence electrons. The summed E-state index contributed by atoms with van der Waals surface area (Å²) in [5.41, 5.74) is 6.16. The smallest absolute Gasteiger partial charge is 0.0872 e. The van der Waals surface area contributed by atoms with Crippen LogP contribution in [0.3, 0.4) is 0 Å². The topological polar surface area (TPSA) is 3.24 Å². The fourth-order valence-corrected chi connectivity index (χ4v) is 8.33. The van der Waals surface area contributed by atoms with Crippen molar-refractivity contribution in [2.45, 2.75) is 65.5 Å². The highest BCUT2D eigenvalue weighted by Crippen LogP contribution is 2.69. The Kier molecular flexibility index (Phi) is 3.07. The van der Waals surface area contributed by atoms with E-state index >= 15 is 0 Å². The lowest BCUT2D eigenvalue weighted by Gasteiger charge is -2.62. The van der Waals surface area contributed by atoms with Gasteiger partial charge in [-0.1, -0.05) is 45.9 Å². The van der Waals surface area contributed by atoms with Crippen molar-refractivity contribution in [2.24, 2.45) is 5.41 Å². The van der Waals surface area contributed by atoms with Gasteiger partial charge in [0.2, 0.25) is 0 Å². The lowest BCUT2D eigenvalue weighted by atomic mass is 9.52. The monoisotopic (exact) mass is 381 g/mol. The summed E-state index contributed by atoms with van der Waals surface area (Å²) >= 11 is 3.94. The summed E-state index contributed by atoms with van der Waals surface area (Å²) < 4.78 is 1.49. The Morgan fingerprint density at radius 3 is 2.50 bits per heavy atom. The molecule has 0 saturated heterocycles. The summed E-state index contributed by atoms with van der Waals surface area (Å²) in [6.07, 6.45) is 0. The molecule has 3 heteroatoms. The normalized spacial score (nSPS) is 28.1. The third-order valence-electron chi connectivity index (χ3n) is 8.02. The molecule has 0 fully saturated rings. The van der Waals surface area contributed by atoms with E-state index in [4.69, 9.17) is 0 Å². The van der Waals surface area contributed by atoms with Crippen molar-refractivity contribution >= 4 is 37.8 Å². The molecule has 1 aromatic carbocycles. The maximum absolute atomic E-state index is 2.77. The van der Waals surface area contributed by atoms with Gasteiger partial charge in [0.1, 0.15) is 0 Å². The highest BCUT2D eigenvalue weighted by atomic mass is 32.2. The van der Waals surface area contributed by atoms with E-state index in [9.17, 15) is 0 Å². The summed E-state index contributed by atoms with van der Waals surface area (Å²) in [6, 6.07) is 9.64. The van der Waals surface area contributed by atoms with Crippen LogP contribution < -0.4 is 4.90 Å². The number of hydrogen-bond acceptors (Lipinski definition) is 3. The molecule has 0 bridgehead atoms. The Bertz CT molecular complexity index is 1050. The van der Waals surface area contributed by atoms with Gasteiger partial charge in [0.25, 0.3) is 0 Å². The largest absolute Gasteiger partial charge is 0.353 e. The Hall–Kier alpha value is -1.32. The number of fused-ring (bicyclic) bond motifs is 7. The first kappa shape index (κ1) is 16.8. The minimum Gasteiger partial charge on any atom is -0.353 e. The van der Waals surface area contributed by atoms with E-state index in [2.05, 4.69) is 83.0 Å². The summed E-state index contributed by atoms with van der Waals surface area (Å²) in [7, 11) is 0. The summed E-state index contributed by atoms with van der Waals surface area (Å²) in [5.74, 6) is 0. The van der Waals surface area contributed by atoms with E-state index in [1.807, 2.05) is 22.7 Å². The van der Waals surface area contributed by atoms with Crippen LogP contribution in [0.2, 0.25) is 0 Å². The van der Waals surface area contributed by atoms with E-state index in [-0.39, 0.29) is 16.4 Å². The molecule has 0 spiro atoms. The first-order valence-corrected chi connectivity index (χ1v) is 11.2. The van der Waals surface area contributed by atoms with Gasteiger partial charge in [-0.15, -0.1) is 22.7 Å². The molecule has 2 atom stereocenters. The SMILES string of the molecule is Cc1cccc2c1N1C(C)c3c(sc4sccc34)C1(C)C(C)(C)C2(C)C. The van der Waals surface area contributed by atoms with Gasteiger partial charge in [-0.3, -0.25) is 0 Å². The van der Waals surface area contributed by atoms with E-state index < -0.39 is 0 Å². The molecule has 2 aromatic heterocycles. The third kappa shape index (κ3) is 1.56. The minimum atomic E-state index is 0.00771. The van der Waals surface area contributed by atoms with Crippen molar-refractivity contribution < 1.29 is 0 Å². The van der Waals surface area contributed by atoms with Gasteiger partial charge >= 0.3 is 0 Å². The number of hydrogen-bond donors (Lipinski definition) is 0. The zero-order valence-electron chi connectivity index (χ0n) is 16.7. The van der Waals surface area contributed by atoms with Crippen molar-refractivity contribution in [3.05, 3.63) is 51.2 Å². The molecule has 5 rings (SSSR count). The number of anilines is 1. The molecule has 1 nitrogen and oxygen atoms in total. The van der Waals surface area contributed by atoms with E-state index in [0.717, 1.165) is 0 Å². The van der Waals surface area contributed by atoms with Gasteiger partial charge in [0, 0.05) is 21.4 Å². The minimum absolute atomic E-state index is 0.00771. The lowest BCUT2D eigenvalue weighted by molar-refractivity contribution is 0.0672. The summed E-state index contributed by atoms with van der Waals surface area (Å²) in [5, 5.41) is 3.74. The van der Waals surface area contributed by atoms with Gasteiger partial charge in [0.15, 0.2) is 0 Å². The quantitative estimate of drug-likeness (QED) is 0.392. The Morgan fingerprint density at radius 2 is 1.77 bits per heavy atom. The van der Waals surface area contributed by atoms with Gasteiger partial charge in [0.05, 0.1) is 15.6 Å². The Labute approximate surface area is 164 Å². The molecule has 2 aliphatic heterocycles. The molecule has 0 saturated carbocycles. The van der Waals surface area contributed by atoms with Crippen molar-refractivity contribution in [2.75, 3.05) is 4.90 Å². The maximum atomic E-state index is 2.77. The van der Waals surface area contributed by atoms with Crippen molar-refractivity contribution in [3.8, 4) is 0 Å². The number of benzene rings is 1. The summed E-state index contributed by atoms with van der Waals surface area (Å²) in [4.78, 5) is 4.36. The number of thiophene rings is 2. The zero-order valence-corrected chi connectivity index (χ0v) is 18.4. The lowest BCUT2D eigenvalue weighted by Crippen LogP contribution is -2.61.